The largest absolute Gasteiger partial charge is 0.379 e. The molecule has 3 heterocycles. The van der Waals surface area contributed by atoms with E-state index in [9.17, 15) is 0 Å². The van der Waals surface area contributed by atoms with Crippen molar-refractivity contribution in [3.8, 4) is 0 Å². The van der Waals surface area contributed by atoms with E-state index >= 15 is 0 Å². The first-order chi connectivity index (χ1) is 13.0. The molecule has 160 valence electrons. The van der Waals surface area contributed by atoms with Crippen LogP contribution < -0.4 is 10.6 Å². The van der Waals surface area contributed by atoms with Gasteiger partial charge in [0.2, 0.25) is 0 Å². The molecule has 0 spiro atoms. The van der Waals surface area contributed by atoms with Gasteiger partial charge in [-0.25, -0.2) is 0 Å². The van der Waals surface area contributed by atoms with E-state index in [-0.39, 0.29) is 29.5 Å². The first-order valence-electron chi connectivity index (χ1n) is 10.1. The van der Waals surface area contributed by atoms with Gasteiger partial charge in [0.15, 0.2) is 5.96 Å². The number of nitrogens with one attached hydrogen (secondary N) is 2. The fraction of sp³-hybridized carbons (Fsp3) is 0.750. The highest BCUT2D eigenvalue weighted by molar-refractivity contribution is 14.0. The molecule has 1 aromatic heterocycles. The molecule has 0 aliphatic carbocycles. The minimum atomic E-state index is 0. The number of thiophene rings is 1. The fourth-order valence-corrected chi connectivity index (χ4v) is 4.71. The molecule has 1 atom stereocenters. The maximum atomic E-state index is 5.48. The Balaban J connectivity index is 0.00000280. The molecule has 1 unspecified atom stereocenters. The highest BCUT2D eigenvalue weighted by Crippen LogP contribution is 2.25. The van der Waals surface area contributed by atoms with Crippen LogP contribution in [0.15, 0.2) is 16.4 Å². The van der Waals surface area contributed by atoms with Crippen LogP contribution in [0.25, 0.3) is 0 Å². The van der Waals surface area contributed by atoms with Crippen molar-refractivity contribution in [3.05, 3.63) is 21.9 Å². The Morgan fingerprint density at radius 1 is 1.29 bits per heavy atom. The topological polar surface area (TPSA) is 52.1 Å². The summed E-state index contributed by atoms with van der Waals surface area (Å²) in [5, 5.41) is 9.25. The van der Waals surface area contributed by atoms with Gasteiger partial charge in [0, 0.05) is 62.8 Å². The van der Waals surface area contributed by atoms with Crippen LogP contribution in [0, 0.1) is 0 Å². The second-order valence-corrected chi connectivity index (χ2v) is 9.16. The summed E-state index contributed by atoms with van der Waals surface area (Å²) in [6.45, 7) is 14.5. The third-order valence-corrected chi connectivity index (χ3v) is 6.83. The van der Waals surface area contributed by atoms with Crippen LogP contribution in [0.1, 0.15) is 31.2 Å². The van der Waals surface area contributed by atoms with Gasteiger partial charge in [-0.05, 0) is 44.2 Å². The zero-order chi connectivity index (χ0) is 19.3. The third kappa shape index (κ3) is 6.29. The number of morpholine rings is 1. The molecule has 6 nitrogen and oxygen atoms in total. The lowest BCUT2D eigenvalue weighted by molar-refractivity contribution is -0.00834. The summed E-state index contributed by atoms with van der Waals surface area (Å²) in [5.74, 6) is 0.886. The Morgan fingerprint density at radius 3 is 2.75 bits per heavy atom. The van der Waals surface area contributed by atoms with Gasteiger partial charge >= 0.3 is 0 Å². The van der Waals surface area contributed by atoms with Crippen LogP contribution in [0.3, 0.4) is 0 Å². The van der Waals surface area contributed by atoms with Crippen LogP contribution in [0.4, 0.5) is 0 Å². The molecule has 2 N–H and O–H groups in total. The predicted molar refractivity (Wildman–Crippen MR) is 129 cm³/mol. The number of guanidine groups is 1. The summed E-state index contributed by atoms with van der Waals surface area (Å²) < 4.78 is 5.48. The van der Waals surface area contributed by atoms with E-state index < -0.39 is 0 Å². The van der Waals surface area contributed by atoms with Crippen molar-refractivity contribution in [2.24, 2.45) is 4.99 Å². The molecule has 1 fully saturated rings. The van der Waals surface area contributed by atoms with Crippen molar-refractivity contribution in [2.75, 3.05) is 53.0 Å². The summed E-state index contributed by atoms with van der Waals surface area (Å²) in [7, 11) is 1.85. The van der Waals surface area contributed by atoms with E-state index in [1.807, 2.05) is 18.4 Å². The van der Waals surface area contributed by atoms with Crippen molar-refractivity contribution >= 4 is 41.3 Å². The minimum absolute atomic E-state index is 0. The van der Waals surface area contributed by atoms with Crippen molar-refractivity contribution in [2.45, 2.75) is 45.3 Å². The molecule has 28 heavy (non-hydrogen) atoms. The summed E-state index contributed by atoms with van der Waals surface area (Å²) in [4.78, 5) is 11.0. The van der Waals surface area contributed by atoms with E-state index in [2.05, 4.69) is 57.6 Å². The quantitative estimate of drug-likeness (QED) is 0.342. The maximum absolute atomic E-state index is 5.48. The van der Waals surface area contributed by atoms with Gasteiger partial charge in [-0.1, -0.05) is 0 Å². The maximum Gasteiger partial charge on any atom is 0.191 e. The molecule has 1 saturated heterocycles. The number of aliphatic imine (C=N–C) groups is 1. The van der Waals surface area contributed by atoms with Crippen LogP contribution in [0.2, 0.25) is 0 Å². The molecule has 1 aromatic rings. The lowest BCUT2D eigenvalue weighted by atomic mass is 10.0. The second-order valence-electron chi connectivity index (χ2n) is 8.16. The molecular weight excluding hydrogens is 485 g/mol. The van der Waals surface area contributed by atoms with E-state index in [0.717, 1.165) is 58.4 Å². The van der Waals surface area contributed by atoms with E-state index in [4.69, 9.17) is 4.74 Å². The summed E-state index contributed by atoms with van der Waals surface area (Å²) in [6.07, 6.45) is 1.18. The highest BCUT2D eigenvalue weighted by Gasteiger charge is 2.28. The average Bonchev–Trinajstić information content (AvgIpc) is 3.16. The molecule has 2 aliphatic rings. The number of hydrogen-bond acceptors (Lipinski definition) is 5. The fourth-order valence-electron chi connectivity index (χ4n) is 3.82. The number of rotatable bonds is 6. The summed E-state index contributed by atoms with van der Waals surface area (Å²) in [5.41, 5.74) is 1.59. The monoisotopic (exact) mass is 521 g/mol. The Bertz CT molecular complexity index is 630. The Kier molecular flexibility index (Phi) is 9.46. The Hall–Kier alpha value is -0.420. The molecular formula is C20H36IN5OS. The predicted octanol–water partition coefficient (Wildman–Crippen LogP) is 2.39. The molecule has 3 rings (SSSR count). The highest BCUT2D eigenvalue weighted by atomic mass is 127. The third-order valence-electron chi connectivity index (χ3n) is 5.80. The molecule has 0 radical (unpaired) electrons. The van der Waals surface area contributed by atoms with Crippen LogP contribution in [-0.2, 0) is 17.7 Å². The van der Waals surface area contributed by atoms with Gasteiger partial charge in [-0.15, -0.1) is 35.3 Å². The minimum Gasteiger partial charge on any atom is -0.379 e. The van der Waals surface area contributed by atoms with Crippen LogP contribution >= 0.6 is 35.3 Å². The molecule has 0 aromatic carbocycles. The molecule has 0 bridgehead atoms. The number of hydrogen-bond donors (Lipinski definition) is 2. The van der Waals surface area contributed by atoms with Crippen LogP contribution in [0.5, 0.6) is 0 Å². The van der Waals surface area contributed by atoms with E-state index in [1.54, 1.807) is 4.88 Å². The summed E-state index contributed by atoms with van der Waals surface area (Å²) >= 11 is 1.90. The second kappa shape index (κ2) is 11.1. The first kappa shape index (κ1) is 23.9. The Morgan fingerprint density at radius 2 is 2.04 bits per heavy atom. The van der Waals surface area contributed by atoms with Crippen LogP contribution in [-0.4, -0.2) is 80.3 Å². The molecule has 0 amide bonds. The molecule has 0 saturated carbocycles. The zero-order valence-electron chi connectivity index (χ0n) is 17.7. The lowest BCUT2D eigenvalue weighted by Gasteiger charge is -2.41. The number of ether oxygens (including phenoxy) is 1. The average molecular weight is 522 g/mol. The van der Waals surface area contributed by atoms with Crippen molar-refractivity contribution in [1.82, 2.24) is 20.4 Å². The lowest BCUT2D eigenvalue weighted by Crippen LogP contribution is -2.57. The van der Waals surface area contributed by atoms with Gasteiger partial charge in [0.25, 0.3) is 0 Å². The van der Waals surface area contributed by atoms with Gasteiger partial charge in [-0.2, -0.15) is 0 Å². The van der Waals surface area contributed by atoms with E-state index in [0.29, 0.717) is 6.04 Å². The smallest absolute Gasteiger partial charge is 0.191 e. The van der Waals surface area contributed by atoms with Crippen molar-refractivity contribution in [1.29, 1.82) is 0 Å². The number of fused-ring (bicyclic) bond motifs is 1. The number of nitrogens with zero attached hydrogens (tertiary/aromatic N) is 3. The normalized spacial score (nSPS) is 20.2. The van der Waals surface area contributed by atoms with Gasteiger partial charge in [0.1, 0.15) is 0 Å². The first-order valence-corrected chi connectivity index (χ1v) is 10.9. The SMILES string of the molecule is CN=C(NCC(C)N1CCc2sccc2C1)NCC(C)(C)N1CCOCC1.I. The van der Waals surface area contributed by atoms with Gasteiger partial charge in [-0.3, -0.25) is 14.8 Å². The van der Waals surface area contributed by atoms with Crippen molar-refractivity contribution in [3.63, 3.8) is 0 Å². The molecule has 2 aliphatic heterocycles. The Labute approximate surface area is 191 Å². The molecule has 8 heteroatoms. The van der Waals surface area contributed by atoms with E-state index in [1.165, 1.54) is 12.0 Å². The zero-order valence-corrected chi connectivity index (χ0v) is 20.8. The number of halogens is 1. The summed E-state index contributed by atoms with van der Waals surface area (Å²) in [6, 6.07) is 2.75. The van der Waals surface area contributed by atoms with Gasteiger partial charge in [0.05, 0.1) is 13.2 Å². The standard InChI is InChI=1S/C20H35N5OS.HI/c1-16(24-7-5-18-17(14-24)6-12-27-18)13-22-19(21-4)23-15-20(2,3)25-8-10-26-11-9-25;/h6,12,16H,5,7-11,13-15H2,1-4H3,(H2,21,22,23);1H. The van der Waals surface area contributed by atoms with Gasteiger partial charge < -0.3 is 15.4 Å². The van der Waals surface area contributed by atoms with Crippen molar-refractivity contribution < 1.29 is 4.74 Å².